The van der Waals surface area contributed by atoms with E-state index in [4.69, 9.17) is 4.74 Å². The van der Waals surface area contributed by atoms with Gasteiger partial charge in [0.2, 0.25) is 0 Å². The van der Waals surface area contributed by atoms with Crippen molar-refractivity contribution >= 4 is 0 Å². The fourth-order valence-corrected chi connectivity index (χ4v) is 2.07. The van der Waals surface area contributed by atoms with Gasteiger partial charge in [-0.25, -0.2) is 0 Å². The maximum atomic E-state index is 5.90. The van der Waals surface area contributed by atoms with Gasteiger partial charge >= 0.3 is 0 Å². The van der Waals surface area contributed by atoms with Crippen molar-refractivity contribution in [2.24, 2.45) is 11.8 Å². The standard InChI is InChI=1S/C14H27NO/c1-4-9-15-10-13(3)16-11-14-8-6-5-7-12(14)2/h5-6,12-15H,4,7-11H2,1-3H3. The first-order valence-corrected chi connectivity index (χ1v) is 6.71. The maximum absolute atomic E-state index is 5.90. The van der Waals surface area contributed by atoms with E-state index in [1.54, 1.807) is 0 Å². The summed E-state index contributed by atoms with van der Waals surface area (Å²) in [6.07, 6.45) is 8.54. The molecule has 0 radical (unpaired) electrons. The summed E-state index contributed by atoms with van der Waals surface area (Å²) >= 11 is 0. The van der Waals surface area contributed by atoms with Crippen molar-refractivity contribution in [1.82, 2.24) is 5.32 Å². The smallest absolute Gasteiger partial charge is 0.0671 e. The summed E-state index contributed by atoms with van der Waals surface area (Å²) in [4.78, 5) is 0. The van der Waals surface area contributed by atoms with Gasteiger partial charge in [-0.05, 0) is 44.6 Å². The maximum Gasteiger partial charge on any atom is 0.0671 e. The summed E-state index contributed by atoms with van der Waals surface area (Å²) in [5.74, 6) is 1.50. The molecule has 1 aliphatic rings. The highest BCUT2D eigenvalue weighted by atomic mass is 16.5. The molecule has 1 N–H and O–H groups in total. The molecule has 0 saturated carbocycles. The third-order valence-electron chi connectivity index (χ3n) is 3.37. The van der Waals surface area contributed by atoms with Crippen LogP contribution < -0.4 is 5.32 Å². The first-order chi connectivity index (χ1) is 7.74. The fourth-order valence-electron chi connectivity index (χ4n) is 2.07. The second-order valence-electron chi connectivity index (χ2n) is 5.03. The van der Waals surface area contributed by atoms with Crippen LogP contribution in [0.2, 0.25) is 0 Å². The first-order valence-electron chi connectivity index (χ1n) is 6.71. The summed E-state index contributed by atoms with van der Waals surface area (Å²) in [7, 11) is 0. The van der Waals surface area contributed by atoms with Gasteiger partial charge in [0.15, 0.2) is 0 Å². The van der Waals surface area contributed by atoms with Crippen LogP contribution in [0, 0.1) is 11.8 Å². The number of ether oxygens (including phenoxy) is 1. The third-order valence-corrected chi connectivity index (χ3v) is 3.37. The molecule has 0 aromatic carbocycles. The molecule has 0 bridgehead atoms. The van der Waals surface area contributed by atoms with Crippen molar-refractivity contribution in [3.05, 3.63) is 12.2 Å². The number of hydrogen-bond donors (Lipinski definition) is 1. The number of allylic oxidation sites excluding steroid dienone is 2. The van der Waals surface area contributed by atoms with Gasteiger partial charge in [0.1, 0.15) is 0 Å². The van der Waals surface area contributed by atoms with E-state index in [-0.39, 0.29) is 0 Å². The van der Waals surface area contributed by atoms with Gasteiger partial charge in [-0.3, -0.25) is 0 Å². The predicted molar refractivity (Wildman–Crippen MR) is 69.6 cm³/mol. The van der Waals surface area contributed by atoms with Crippen LogP contribution in [0.3, 0.4) is 0 Å². The molecule has 1 rings (SSSR count). The third kappa shape index (κ3) is 5.13. The SMILES string of the molecule is CCCNCC(C)OCC1CC=CCC1C. The molecule has 0 fully saturated rings. The lowest BCUT2D eigenvalue weighted by atomic mass is 9.85. The second kappa shape index (κ2) is 7.86. The highest BCUT2D eigenvalue weighted by Gasteiger charge is 2.19. The molecule has 16 heavy (non-hydrogen) atoms. The molecule has 0 heterocycles. The van der Waals surface area contributed by atoms with Crippen molar-refractivity contribution in [3.63, 3.8) is 0 Å². The topological polar surface area (TPSA) is 21.3 Å². The van der Waals surface area contributed by atoms with E-state index in [1.165, 1.54) is 19.3 Å². The van der Waals surface area contributed by atoms with Crippen molar-refractivity contribution in [1.29, 1.82) is 0 Å². The Morgan fingerprint density at radius 2 is 2.12 bits per heavy atom. The largest absolute Gasteiger partial charge is 0.377 e. The summed E-state index contributed by atoms with van der Waals surface area (Å²) in [5, 5.41) is 3.39. The lowest BCUT2D eigenvalue weighted by Gasteiger charge is -2.26. The molecule has 0 aliphatic heterocycles. The number of rotatable bonds is 7. The lowest BCUT2D eigenvalue weighted by molar-refractivity contribution is 0.0271. The van der Waals surface area contributed by atoms with Crippen LogP contribution in [-0.4, -0.2) is 25.8 Å². The van der Waals surface area contributed by atoms with Gasteiger partial charge in [0.05, 0.1) is 12.7 Å². The first kappa shape index (κ1) is 13.7. The van der Waals surface area contributed by atoms with E-state index in [1.807, 2.05) is 0 Å². The highest BCUT2D eigenvalue weighted by Crippen LogP contribution is 2.25. The summed E-state index contributed by atoms with van der Waals surface area (Å²) in [6, 6.07) is 0. The van der Waals surface area contributed by atoms with Crippen molar-refractivity contribution in [3.8, 4) is 0 Å². The Hall–Kier alpha value is -0.340. The minimum atomic E-state index is 0.338. The molecule has 0 spiro atoms. The van der Waals surface area contributed by atoms with Gasteiger partial charge in [-0.2, -0.15) is 0 Å². The van der Waals surface area contributed by atoms with Gasteiger partial charge in [-0.15, -0.1) is 0 Å². The van der Waals surface area contributed by atoms with Crippen LogP contribution in [0.4, 0.5) is 0 Å². The van der Waals surface area contributed by atoms with Crippen LogP contribution in [0.1, 0.15) is 40.0 Å². The zero-order chi connectivity index (χ0) is 11.8. The average molecular weight is 225 g/mol. The van der Waals surface area contributed by atoms with Crippen molar-refractivity contribution in [2.45, 2.75) is 46.1 Å². The van der Waals surface area contributed by atoms with Crippen LogP contribution in [-0.2, 0) is 4.74 Å². The van der Waals surface area contributed by atoms with Crippen LogP contribution in [0.15, 0.2) is 12.2 Å². The van der Waals surface area contributed by atoms with Gasteiger partial charge in [0, 0.05) is 6.54 Å². The van der Waals surface area contributed by atoms with E-state index in [9.17, 15) is 0 Å². The van der Waals surface area contributed by atoms with Crippen LogP contribution in [0.5, 0.6) is 0 Å². The zero-order valence-corrected chi connectivity index (χ0v) is 11.0. The minimum Gasteiger partial charge on any atom is -0.377 e. The fraction of sp³-hybridized carbons (Fsp3) is 0.857. The number of nitrogens with one attached hydrogen (secondary N) is 1. The molecular weight excluding hydrogens is 198 g/mol. The Bertz CT molecular complexity index is 203. The average Bonchev–Trinajstić information content (AvgIpc) is 2.28. The van der Waals surface area contributed by atoms with Crippen LogP contribution in [0.25, 0.3) is 0 Å². The Morgan fingerprint density at radius 3 is 2.81 bits per heavy atom. The molecule has 3 unspecified atom stereocenters. The second-order valence-corrected chi connectivity index (χ2v) is 5.03. The molecule has 0 amide bonds. The molecule has 0 saturated heterocycles. The quantitative estimate of drug-likeness (QED) is 0.531. The molecule has 3 atom stereocenters. The summed E-state index contributed by atoms with van der Waals surface area (Å²) < 4.78 is 5.90. The normalized spacial score (nSPS) is 26.9. The highest BCUT2D eigenvalue weighted by molar-refractivity contribution is 4.93. The molecule has 0 aromatic rings. The zero-order valence-electron chi connectivity index (χ0n) is 11.0. The molecule has 2 nitrogen and oxygen atoms in total. The van der Waals surface area contributed by atoms with Crippen LogP contribution >= 0.6 is 0 Å². The van der Waals surface area contributed by atoms with Crippen molar-refractivity contribution < 1.29 is 4.74 Å². The van der Waals surface area contributed by atoms with Crippen molar-refractivity contribution in [2.75, 3.05) is 19.7 Å². The Morgan fingerprint density at radius 1 is 1.38 bits per heavy atom. The van der Waals surface area contributed by atoms with E-state index >= 15 is 0 Å². The van der Waals surface area contributed by atoms with Gasteiger partial charge in [0.25, 0.3) is 0 Å². The Balaban J connectivity index is 2.10. The monoisotopic (exact) mass is 225 g/mol. The number of hydrogen-bond acceptors (Lipinski definition) is 2. The summed E-state index contributed by atoms with van der Waals surface area (Å²) in [6.45, 7) is 9.67. The minimum absolute atomic E-state index is 0.338. The van der Waals surface area contributed by atoms with E-state index in [0.29, 0.717) is 6.10 Å². The van der Waals surface area contributed by atoms with E-state index < -0.39 is 0 Å². The lowest BCUT2D eigenvalue weighted by Crippen LogP contribution is -2.30. The van der Waals surface area contributed by atoms with E-state index in [0.717, 1.165) is 31.5 Å². The molecule has 2 heteroatoms. The summed E-state index contributed by atoms with van der Waals surface area (Å²) in [5.41, 5.74) is 0. The predicted octanol–water partition coefficient (Wildman–Crippen LogP) is 2.99. The Kier molecular flexibility index (Phi) is 6.74. The van der Waals surface area contributed by atoms with Gasteiger partial charge in [-0.1, -0.05) is 26.0 Å². The molecule has 1 aliphatic carbocycles. The molecule has 94 valence electrons. The molecule has 0 aromatic heterocycles. The van der Waals surface area contributed by atoms with E-state index in [2.05, 4.69) is 38.2 Å². The van der Waals surface area contributed by atoms with Gasteiger partial charge < -0.3 is 10.1 Å². The molecular formula is C14H27NO. The Labute approximate surface area is 100 Å².